The van der Waals surface area contributed by atoms with Crippen LogP contribution in [-0.2, 0) is 4.79 Å². The largest absolute Gasteiger partial charge is 0.459 e. The first-order chi connectivity index (χ1) is 12.0. The molecule has 25 heavy (non-hydrogen) atoms. The molecule has 3 aromatic rings. The molecule has 130 valence electrons. The molecule has 0 aliphatic carbocycles. The molecule has 2 atom stereocenters. The van der Waals surface area contributed by atoms with Crippen LogP contribution in [0.4, 0.5) is 0 Å². The van der Waals surface area contributed by atoms with Crippen molar-refractivity contribution in [3.8, 4) is 0 Å². The smallest absolute Gasteiger partial charge is 0.234 e. The molecular weight excluding hydrogens is 336 g/mol. The van der Waals surface area contributed by atoms with Crippen molar-refractivity contribution in [2.45, 2.75) is 25.9 Å². The normalized spacial score (nSPS) is 13.6. The van der Waals surface area contributed by atoms with Gasteiger partial charge in [0, 0.05) is 16.5 Å². The van der Waals surface area contributed by atoms with Crippen LogP contribution in [0.5, 0.6) is 0 Å². The summed E-state index contributed by atoms with van der Waals surface area (Å²) in [5.74, 6) is 0.653. The third kappa shape index (κ3) is 4.21. The Kier molecular flexibility index (Phi) is 5.41. The van der Waals surface area contributed by atoms with Gasteiger partial charge in [0.05, 0.1) is 12.6 Å². The summed E-state index contributed by atoms with van der Waals surface area (Å²) in [6, 6.07) is 17.2. The van der Waals surface area contributed by atoms with E-state index in [0.717, 1.165) is 22.3 Å². The molecule has 5 heteroatoms. The fraction of sp³-hybridized carbons (Fsp3) is 0.250. The van der Waals surface area contributed by atoms with E-state index in [1.54, 1.807) is 0 Å². The molecule has 4 nitrogen and oxygen atoms in total. The number of carbonyl (C=O) groups is 1. The Balaban J connectivity index is 1.56. The van der Waals surface area contributed by atoms with Gasteiger partial charge in [-0.2, -0.15) is 0 Å². The van der Waals surface area contributed by atoms with Gasteiger partial charge in [0.1, 0.15) is 11.3 Å². The summed E-state index contributed by atoms with van der Waals surface area (Å²) in [4.78, 5) is 12.2. The average Bonchev–Trinajstić information content (AvgIpc) is 3.04. The number of carbonyl (C=O) groups excluding carboxylic acids is 1. The van der Waals surface area contributed by atoms with E-state index >= 15 is 0 Å². The molecule has 2 N–H and O–H groups in total. The Morgan fingerprint density at radius 3 is 2.56 bits per heavy atom. The Labute approximate surface area is 152 Å². The fourth-order valence-electron chi connectivity index (χ4n) is 2.76. The number of furan rings is 1. The molecule has 0 fully saturated rings. The number of nitrogens with one attached hydrogen (secondary N) is 2. The Hall–Kier alpha value is -2.30. The van der Waals surface area contributed by atoms with Gasteiger partial charge in [0.25, 0.3) is 0 Å². The van der Waals surface area contributed by atoms with E-state index in [1.807, 2.05) is 68.4 Å². The van der Waals surface area contributed by atoms with Gasteiger partial charge in [-0.1, -0.05) is 48.0 Å². The predicted molar refractivity (Wildman–Crippen MR) is 101 cm³/mol. The maximum absolute atomic E-state index is 12.2. The van der Waals surface area contributed by atoms with Gasteiger partial charge >= 0.3 is 0 Å². The van der Waals surface area contributed by atoms with E-state index in [9.17, 15) is 4.79 Å². The third-order valence-electron chi connectivity index (χ3n) is 4.19. The van der Waals surface area contributed by atoms with Crippen molar-refractivity contribution in [1.82, 2.24) is 10.6 Å². The van der Waals surface area contributed by atoms with Crippen molar-refractivity contribution in [2.24, 2.45) is 0 Å². The molecule has 1 heterocycles. The summed E-state index contributed by atoms with van der Waals surface area (Å²) in [5, 5.41) is 7.87. The molecular formula is C20H21ClN2O2. The molecule has 0 spiro atoms. The summed E-state index contributed by atoms with van der Waals surface area (Å²) in [7, 11) is 0. The second kappa shape index (κ2) is 7.72. The van der Waals surface area contributed by atoms with Crippen molar-refractivity contribution in [3.63, 3.8) is 0 Å². The SMILES string of the molecule is C[C@@H](NC(=O)CN[C@H](C)c1ccccc1Cl)c1cc2ccccc2o1. The second-order valence-electron chi connectivity index (χ2n) is 6.10. The van der Waals surface area contributed by atoms with Gasteiger partial charge in [-0.3, -0.25) is 4.79 Å². The first kappa shape index (κ1) is 17.5. The molecule has 0 bridgehead atoms. The first-order valence-electron chi connectivity index (χ1n) is 8.30. The highest BCUT2D eigenvalue weighted by Gasteiger charge is 2.15. The van der Waals surface area contributed by atoms with E-state index in [-0.39, 0.29) is 24.5 Å². The van der Waals surface area contributed by atoms with Crippen LogP contribution in [0.2, 0.25) is 5.02 Å². The number of fused-ring (bicyclic) bond motifs is 1. The molecule has 0 aliphatic rings. The molecule has 0 saturated heterocycles. The van der Waals surface area contributed by atoms with Crippen LogP contribution in [0.1, 0.15) is 37.3 Å². The van der Waals surface area contributed by atoms with E-state index in [2.05, 4.69) is 10.6 Å². The number of hydrogen-bond acceptors (Lipinski definition) is 3. The zero-order valence-corrected chi connectivity index (χ0v) is 15.0. The van der Waals surface area contributed by atoms with Gasteiger partial charge in [-0.05, 0) is 37.6 Å². The molecule has 0 aliphatic heterocycles. The number of rotatable bonds is 6. The highest BCUT2D eigenvalue weighted by Crippen LogP contribution is 2.24. The van der Waals surface area contributed by atoms with Crippen LogP contribution in [0, 0.1) is 0 Å². The summed E-state index contributed by atoms with van der Waals surface area (Å²) in [6.45, 7) is 4.10. The zero-order chi connectivity index (χ0) is 17.8. The minimum atomic E-state index is -0.197. The van der Waals surface area contributed by atoms with Crippen molar-refractivity contribution >= 4 is 28.5 Å². The molecule has 2 aromatic carbocycles. The lowest BCUT2D eigenvalue weighted by molar-refractivity contribution is -0.121. The van der Waals surface area contributed by atoms with Crippen LogP contribution >= 0.6 is 11.6 Å². The van der Waals surface area contributed by atoms with Crippen LogP contribution in [0.25, 0.3) is 11.0 Å². The lowest BCUT2D eigenvalue weighted by Crippen LogP contribution is -2.36. The van der Waals surface area contributed by atoms with Crippen LogP contribution < -0.4 is 10.6 Å². The molecule has 3 rings (SSSR count). The topological polar surface area (TPSA) is 54.3 Å². The van der Waals surface area contributed by atoms with E-state index in [4.69, 9.17) is 16.0 Å². The zero-order valence-electron chi connectivity index (χ0n) is 14.3. The molecule has 0 radical (unpaired) electrons. The number of amides is 1. The maximum Gasteiger partial charge on any atom is 0.234 e. The second-order valence-corrected chi connectivity index (χ2v) is 6.51. The highest BCUT2D eigenvalue weighted by atomic mass is 35.5. The molecule has 0 saturated carbocycles. The number of halogens is 1. The van der Waals surface area contributed by atoms with E-state index in [1.165, 1.54) is 0 Å². The molecule has 0 unspecified atom stereocenters. The third-order valence-corrected chi connectivity index (χ3v) is 4.53. The fourth-order valence-corrected chi connectivity index (χ4v) is 3.06. The summed E-state index contributed by atoms with van der Waals surface area (Å²) < 4.78 is 5.79. The maximum atomic E-state index is 12.2. The van der Waals surface area contributed by atoms with Crippen molar-refractivity contribution in [1.29, 1.82) is 0 Å². The standard InChI is InChI=1S/C20H21ClN2O2/c1-13(16-8-4-5-9-17(16)21)22-12-20(24)23-14(2)19-11-15-7-3-6-10-18(15)25-19/h3-11,13-14,22H,12H2,1-2H3,(H,23,24)/t13-,14-/m1/s1. The van der Waals surface area contributed by atoms with Crippen LogP contribution in [-0.4, -0.2) is 12.5 Å². The van der Waals surface area contributed by atoms with Gasteiger partial charge in [0.2, 0.25) is 5.91 Å². The Bertz CT molecular complexity index is 842. The summed E-state index contributed by atoms with van der Waals surface area (Å²) >= 11 is 6.18. The van der Waals surface area contributed by atoms with Crippen LogP contribution in [0.15, 0.2) is 59.0 Å². The minimum absolute atomic E-state index is 0.0130. The van der Waals surface area contributed by atoms with Gasteiger partial charge in [-0.15, -0.1) is 0 Å². The molecule has 1 amide bonds. The van der Waals surface area contributed by atoms with Crippen molar-refractivity contribution < 1.29 is 9.21 Å². The quantitative estimate of drug-likeness (QED) is 0.677. The first-order valence-corrected chi connectivity index (χ1v) is 8.68. The Morgan fingerprint density at radius 2 is 1.80 bits per heavy atom. The number of benzene rings is 2. The van der Waals surface area contributed by atoms with Gasteiger partial charge in [0.15, 0.2) is 0 Å². The predicted octanol–water partition coefficient (Wildman–Crippen LogP) is 4.61. The monoisotopic (exact) mass is 356 g/mol. The van der Waals surface area contributed by atoms with Gasteiger partial charge in [-0.25, -0.2) is 0 Å². The van der Waals surface area contributed by atoms with Crippen LogP contribution in [0.3, 0.4) is 0 Å². The lowest BCUT2D eigenvalue weighted by Gasteiger charge is -2.17. The average molecular weight is 357 g/mol. The van der Waals surface area contributed by atoms with Crippen molar-refractivity contribution in [3.05, 3.63) is 70.9 Å². The lowest BCUT2D eigenvalue weighted by atomic mass is 10.1. The van der Waals surface area contributed by atoms with E-state index in [0.29, 0.717) is 5.02 Å². The minimum Gasteiger partial charge on any atom is -0.459 e. The Morgan fingerprint density at radius 1 is 1.08 bits per heavy atom. The molecule has 1 aromatic heterocycles. The highest BCUT2D eigenvalue weighted by molar-refractivity contribution is 6.31. The van der Waals surface area contributed by atoms with Gasteiger partial charge < -0.3 is 15.1 Å². The number of para-hydroxylation sites is 1. The summed E-state index contributed by atoms with van der Waals surface area (Å²) in [6.07, 6.45) is 0. The van der Waals surface area contributed by atoms with E-state index < -0.39 is 0 Å². The van der Waals surface area contributed by atoms with Crippen molar-refractivity contribution in [2.75, 3.05) is 6.54 Å². The number of hydrogen-bond donors (Lipinski definition) is 2. The summed E-state index contributed by atoms with van der Waals surface area (Å²) in [5.41, 5.74) is 1.80.